The Morgan fingerprint density at radius 3 is 2.60 bits per heavy atom. The molecule has 3 aromatic rings. The summed E-state index contributed by atoms with van der Waals surface area (Å²) in [6.45, 7) is 4.03. The number of thiophene rings is 1. The standard InChI is InChI=1S/C20H20FNO2S/c1-4-13-8-10-14(11-9-13)12(2)22-20(23)19-18(24-3)17-15(21)6-5-7-16(17)25-19/h5-12H,4H2,1-3H3,(H,22,23)/t12-/m0/s1. The molecule has 2 aromatic carbocycles. The number of halogens is 1. The Hall–Kier alpha value is -2.40. The van der Waals surface area contributed by atoms with Crippen molar-refractivity contribution >= 4 is 27.3 Å². The van der Waals surface area contributed by atoms with E-state index in [1.165, 1.54) is 30.1 Å². The summed E-state index contributed by atoms with van der Waals surface area (Å²) < 4.78 is 20.1. The van der Waals surface area contributed by atoms with Crippen molar-refractivity contribution in [2.75, 3.05) is 7.11 Å². The number of fused-ring (bicyclic) bond motifs is 1. The van der Waals surface area contributed by atoms with Gasteiger partial charge in [0.05, 0.1) is 18.5 Å². The SMILES string of the molecule is CCc1ccc([C@H](C)NC(=O)c2sc3cccc(F)c3c2OC)cc1. The summed E-state index contributed by atoms with van der Waals surface area (Å²) in [6, 6.07) is 12.8. The molecule has 0 spiro atoms. The molecule has 1 aromatic heterocycles. The zero-order valence-electron chi connectivity index (χ0n) is 14.4. The Balaban J connectivity index is 1.87. The molecule has 1 N–H and O–H groups in total. The van der Waals surface area contributed by atoms with E-state index in [0.29, 0.717) is 20.7 Å². The van der Waals surface area contributed by atoms with Gasteiger partial charge in [-0.05, 0) is 36.6 Å². The van der Waals surface area contributed by atoms with Crippen molar-refractivity contribution in [1.82, 2.24) is 5.32 Å². The molecule has 0 unspecified atom stereocenters. The molecule has 5 heteroatoms. The van der Waals surface area contributed by atoms with Gasteiger partial charge in [-0.2, -0.15) is 0 Å². The lowest BCUT2D eigenvalue weighted by Gasteiger charge is -2.14. The highest BCUT2D eigenvalue weighted by molar-refractivity contribution is 7.21. The van der Waals surface area contributed by atoms with Crippen LogP contribution in [0.3, 0.4) is 0 Å². The van der Waals surface area contributed by atoms with Crippen molar-refractivity contribution in [3.63, 3.8) is 0 Å². The van der Waals surface area contributed by atoms with E-state index in [1.54, 1.807) is 12.1 Å². The number of carbonyl (C=O) groups excluding carboxylic acids is 1. The summed E-state index contributed by atoms with van der Waals surface area (Å²) in [7, 11) is 1.46. The fourth-order valence-electron chi connectivity index (χ4n) is 2.81. The van der Waals surface area contributed by atoms with Crippen molar-refractivity contribution in [3.05, 3.63) is 64.3 Å². The first-order valence-corrected chi connectivity index (χ1v) is 9.01. The van der Waals surface area contributed by atoms with Crippen LogP contribution in [-0.4, -0.2) is 13.0 Å². The first-order chi connectivity index (χ1) is 12.0. The van der Waals surface area contributed by atoms with Crippen LogP contribution in [0.25, 0.3) is 10.1 Å². The van der Waals surface area contributed by atoms with Crippen molar-refractivity contribution in [2.45, 2.75) is 26.3 Å². The van der Waals surface area contributed by atoms with E-state index in [4.69, 9.17) is 4.74 Å². The Morgan fingerprint density at radius 1 is 1.24 bits per heavy atom. The number of hydrogen-bond acceptors (Lipinski definition) is 3. The number of methoxy groups -OCH3 is 1. The van der Waals surface area contributed by atoms with Crippen molar-refractivity contribution in [3.8, 4) is 5.75 Å². The molecule has 3 nitrogen and oxygen atoms in total. The van der Waals surface area contributed by atoms with Crippen LogP contribution in [0.1, 0.15) is 40.7 Å². The van der Waals surface area contributed by atoms with Crippen LogP contribution in [-0.2, 0) is 6.42 Å². The van der Waals surface area contributed by atoms with Gasteiger partial charge in [-0.25, -0.2) is 4.39 Å². The number of rotatable bonds is 5. The second kappa shape index (κ2) is 7.23. The van der Waals surface area contributed by atoms with Crippen LogP contribution in [0.15, 0.2) is 42.5 Å². The van der Waals surface area contributed by atoms with Crippen LogP contribution in [0.5, 0.6) is 5.75 Å². The Labute approximate surface area is 150 Å². The van der Waals surface area contributed by atoms with Crippen molar-refractivity contribution in [2.24, 2.45) is 0 Å². The lowest BCUT2D eigenvalue weighted by atomic mass is 10.0. The van der Waals surface area contributed by atoms with Gasteiger partial charge < -0.3 is 10.1 Å². The average Bonchev–Trinajstić information content (AvgIpc) is 3.02. The second-order valence-electron chi connectivity index (χ2n) is 5.87. The summed E-state index contributed by atoms with van der Waals surface area (Å²) >= 11 is 1.24. The zero-order valence-corrected chi connectivity index (χ0v) is 15.2. The summed E-state index contributed by atoms with van der Waals surface area (Å²) in [6.07, 6.45) is 0.978. The summed E-state index contributed by atoms with van der Waals surface area (Å²) in [5.74, 6) is -0.346. The lowest BCUT2D eigenvalue weighted by molar-refractivity contribution is 0.0941. The molecule has 1 atom stereocenters. The highest BCUT2D eigenvalue weighted by Gasteiger charge is 2.22. The van der Waals surface area contributed by atoms with Crippen LogP contribution in [0, 0.1) is 5.82 Å². The minimum atomic E-state index is -0.382. The summed E-state index contributed by atoms with van der Waals surface area (Å²) in [5, 5.41) is 3.34. The summed E-state index contributed by atoms with van der Waals surface area (Å²) in [4.78, 5) is 13.1. The molecule has 0 saturated carbocycles. The van der Waals surface area contributed by atoms with E-state index in [0.717, 1.165) is 12.0 Å². The highest BCUT2D eigenvalue weighted by atomic mass is 32.1. The first-order valence-electron chi connectivity index (χ1n) is 8.19. The molecule has 0 aliphatic carbocycles. The average molecular weight is 357 g/mol. The van der Waals surface area contributed by atoms with Crippen LogP contribution >= 0.6 is 11.3 Å². The summed E-state index contributed by atoms with van der Waals surface area (Å²) in [5.41, 5.74) is 2.28. The van der Waals surface area contributed by atoms with Crippen molar-refractivity contribution < 1.29 is 13.9 Å². The monoisotopic (exact) mass is 357 g/mol. The number of hydrogen-bond donors (Lipinski definition) is 1. The maximum atomic E-state index is 14.1. The molecule has 0 fully saturated rings. The lowest BCUT2D eigenvalue weighted by Crippen LogP contribution is -2.26. The van der Waals surface area contributed by atoms with Crippen LogP contribution in [0.4, 0.5) is 4.39 Å². The van der Waals surface area contributed by atoms with E-state index >= 15 is 0 Å². The van der Waals surface area contributed by atoms with E-state index in [2.05, 4.69) is 24.4 Å². The second-order valence-corrected chi connectivity index (χ2v) is 6.92. The van der Waals surface area contributed by atoms with Gasteiger partial charge in [0.15, 0.2) is 5.75 Å². The topological polar surface area (TPSA) is 38.3 Å². The molecule has 0 aliphatic heterocycles. The number of ether oxygens (including phenoxy) is 1. The van der Waals surface area contributed by atoms with Crippen LogP contribution in [0.2, 0.25) is 0 Å². The number of aryl methyl sites for hydroxylation is 1. The maximum Gasteiger partial charge on any atom is 0.265 e. The molecule has 0 radical (unpaired) electrons. The number of benzene rings is 2. The molecular weight excluding hydrogens is 337 g/mol. The van der Waals surface area contributed by atoms with Gasteiger partial charge in [0.2, 0.25) is 0 Å². The molecular formula is C20H20FNO2S. The smallest absolute Gasteiger partial charge is 0.265 e. The van der Waals surface area contributed by atoms with Crippen molar-refractivity contribution in [1.29, 1.82) is 0 Å². The first kappa shape index (κ1) is 17.4. The van der Waals surface area contributed by atoms with Gasteiger partial charge in [0.1, 0.15) is 10.7 Å². The molecule has 130 valence electrons. The highest BCUT2D eigenvalue weighted by Crippen LogP contribution is 2.39. The quantitative estimate of drug-likeness (QED) is 0.690. The Kier molecular flexibility index (Phi) is 5.04. The largest absolute Gasteiger partial charge is 0.494 e. The van der Waals surface area contributed by atoms with Gasteiger partial charge in [-0.1, -0.05) is 37.3 Å². The van der Waals surface area contributed by atoms with E-state index < -0.39 is 0 Å². The molecule has 3 rings (SSSR count). The third-order valence-electron chi connectivity index (χ3n) is 4.27. The molecule has 0 aliphatic rings. The number of carbonyl (C=O) groups is 1. The van der Waals surface area contributed by atoms with Gasteiger partial charge >= 0.3 is 0 Å². The van der Waals surface area contributed by atoms with Crippen LogP contribution < -0.4 is 10.1 Å². The van der Waals surface area contributed by atoms with Gasteiger partial charge in [-0.15, -0.1) is 11.3 Å². The Morgan fingerprint density at radius 2 is 1.96 bits per heavy atom. The molecule has 1 amide bonds. The number of amides is 1. The molecule has 25 heavy (non-hydrogen) atoms. The molecule has 1 heterocycles. The minimum absolute atomic E-state index is 0.154. The van der Waals surface area contributed by atoms with E-state index in [9.17, 15) is 9.18 Å². The fraction of sp³-hybridized carbons (Fsp3) is 0.250. The molecule has 0 saturated heterocycles. The van der Waals surface area contributed by atoms with Gasteiger partial charge in [0, 0.05) is 4.70 Å². The predicted molar refractivity (Wildman–Crippen MR) is 100 cm³/mol. The van der Waals surface area contributed by atoms with E-state index in [1.807, 2.05) is 19.1 Å². The zero-order chi connectivity index (χ0) is 18.0. The third kappa shape index (κ3) is 3.37. The minimum Gasteiger partial charge on any atom is -0.494 e. The maximum absolute atomic E-state index is 14.1. The molecule has 0 bridgehead atoms. The number of nitrogens with one attached hydrogen (secondary N) is 1. The fourth-order valence-corrected chi connectivity index (χ4v) is 3.90. The Bertz CT molecular complexity index is 902. The third-order valence-corrected chi connectivity index (χ3v) is 5.40. The van der Waals surface area contributed by atoms with Gasteiger partial charge in [-0.3, -0.25) is 4.79 Å². The van der Waals surface area contributed by atoms with E-state index in [-0.39, 0.29) is 17.8 Å². The van der Waals surface area contributed by atoms with Gasteiger partial charge in [0.25, 0.3) is 5.91 Å². The normalized spacial score (nSPS) is 12.2. The predicted octanol–water partition coefficient (Wildman–Crippen LogP) is 5.10.